The minimum atomic E-state index is -0.970. The van der Waals surface area contributed by atoms with Crippen LogP contribution in [0.4, 0.5) is 5.69 Å². The highest BCUT2D eigenvalue weighted by molar-refractivity contribution is 6.00. The molecule has 0 atom stereocenters. The molecule has 0 bridgehead atoms. The Hall–Kier alpha value is -2.56. The fourth-order valence-electron chi connectivity index (χ4n) is 3.36. The quantitative estimate of drug-likeness (QED) is 0.619. The minimum Gasteiger partial charge on any atom is -0.465 e. The Morgan fingerprint density at radius 3 is 2.28 bits per heavy atom. The van der Waals surface area contributed by atoms with Crippen molar-refractivity contribution in [2.45, 2.75) is 26.7 Å². The highest BCUT2D eigenvalue weighted by Crippen LogP contribution is 2.35. The molecule has 1 aliphatic carbocycles. The molecule has 0 amide bonds. The second-order valence-electron chi connectivity index (χ2n) is 6.05. The van der Waals surface area contributed by atoms with Crippen molar-refractivity contribution in [3.05, 3.63) is 41.5 Å². The van der Waals surface area contributed by atoms with Gasteiger partial charge in [0.1, 0.15) is 0 Å². The third-order valence-corrected chi connectivity index (χ3v) is 4.52. The van der Waals surface area contributed by atoms with Gasteiger partial charge >= 0.3 is 11.9 Å². The number of esters is 2. The van der Waals surface area contributed by atoms with E-state index in [1.807, 2.05) is 12.1 Å². The number of ether oxygens (including phenoxy) is 2. The number of anilines is 1. The third kappa shape index (κ3) is 3.45. The van der Waals surface area contributed by atoms with Crippen LogP contribution in [0.3, 0.4) is 0 Å². The first-order valence-corrected chi connectivity index (χ1v) is 8.76. The number of nitrogens with one attached hydrogen (secondary N) is 1. The van der Waals surface area contributed by atoms with E-state index in [0.717, 1.165) is 23.9 Å². The Labute approximate surface area is 147 Å². The molecule has 1 N–H and O–H groups in total. The van der Waals surface area contributed by atoms with E-state index < -0.39 is 17.9 Å². The second kappa shape index (κ2) is 7.55. The van der Waals surface area contributed by atoms with Crippen molar-refractivity contribution in [3.63, 3.8) is 0 Å². The maximum atomic E-state index is 12.1. The van der Waals surface area contributed by atoms with Gasteiger partial charge in [-0.2, -0.15) is 0 Å². The normalized spacial score (nSPS) is 12.4. The van der Waals surface area contributed by atoms with Crippen LogP contribution in [0.5, 0.6) is 0 Å². The Morgan fingerprint density at radius 2 is 1.64 bits per heavy atom. The summed E-state index contributed by atoms with van der Waals surface area (Å²) in [4.78, 5) is 24.2. The van der Waals surface area contributed by atoms with Crippen molar-refractivity contribution in [2.75, 3.05) is 25.1 Å². The van der Waals surface area contributed by atoms with Gasteiger partial charge in [-0.05, 0) is 49.3 Å². The fourth-order valence-corrected chi connectivity index (χ4v) is 3.36. The zero-order valence-electron chi connectivity index (χ0n) is 14.6. The smallest absolute Gasteiger partial charge is 0.322 e. The summed E-state index contributed by atoms with van der Waals surface area (Å²) in [5, 5.41) is 5.66. The fraction of sp³-hybridized carbons (Fsp3) is 0.400. The zero-order chi connectivity index (χ0) is 17.8. The van der Waals surface area contributed by atoms with Crippen LogP contribution < -0.4 is 5.32 Å². The molecular formula is C20H23NO4. The maximum Gasteiger partial charge on any atom is 0.322 e. The molecule has 1 aliphatic rings. The van der Waals surface area contributed by atoms with Gasteiger partial charge in [-0.1, -0.05) is 24.3 Å². The number of rotatable bonds is 7. The number of aryl methyl sites for hydroxylation is 2. The van der Waals surface area contributed by atoms with E-state index in [-0.39, 0.29) is 19.8 Å². The van der Waals surface area contributed by atoms with E-state index in [1.54, 1.807) is 13.8 Å². The standard InChI is InChI=1S/C20H23NO4/c1-3-24-19(22)16(20(23)25-4-2)12-21-17-11-10-14-9-8-13-6-5-7-15(17)18(13)14/h5-7,10-11,16,21H,3-4,8-9,12H2,1-2H3. The molecule has 132 valence electrons. The average molecular weight is 341 g/mol. The largest absolute Gasteiger partial charge is 0.465 e. The van der Waals surface area contributed by atoms with Crippen molar-refractivity contribution in [3.8, 4) is 0 Å². The first kappa shape index (κ1) is 17.3. The highest BCUT2D eigenvalue weighted by Gasteiger charge is 2.29. The molecule has 2 aromatic rings. The molecule has 0 spiro atoms. The highest BCUT2D eigenvalue weighted by atomic mass is 16.6. The molecule has 0 saturated heterocycles. The van der Waals surface area contributed by atoms with Gasteiger partial charge in [0.25, 0.3) is 0 Å². The Kier molecular flexibility index (Phi) is 5.22. The number of hydrogen-bond acceptors (Lipinski definition) is 5. The van der Waals surface area contributed by atoms with Gasteiger partial charge in [0.05, 0.1) is 13.2 Å². The second-order valence-corrected chi connectivity index (χ2v) is 6.05. The summed E-state index contributed by atoms with van der Waals surface area (Å²) in [6, 6.07) is 10.4. The molecule has 25 heavy (non-hydrogen) atoms. The van der Waals surface area contributed by atoms with Crippen LogP contribution >= 0.6 is 0 Å². The van der Waals surface area contributed by atoms with Crippen LogP contribution in [0.1, 0.15) is 25.0 Å². The first-order valence-electron chi connectivity index (χ1n) is 8.76. The summed E-state index contributed by atoms with van der Waals surface area (Å²) in [5.41, 5.74) is 3.62. The lowest BCUT2D eigenvalue weighted by Crippen LogP contribution is -2.33. The molecule has 5 nitrogen and oxygen atoms in total. The summed E-state index contributed by atoms with van der Waals surface area (Å²) in [7, 11) is 0. The predicted molar refractivity (Wildman–Crippen MR) is 96.6 cm³/mol. The molecule has 0 radical (unpaired) electrons. The van der Waals surface area contributed by atoms with E-state index in [2.05, 4.69) is 23.5 Å². The van der Waals surface area contributed by atoms with Gasteiger partial charge < -0.3 is 14.8 Å². The van der Waals surface area contributed by atoms with Crippen molar-refractivity contribution in [1.82, 2.24) is 0 Å². The van der Waals surface area contributed by atoms with Gasteiger partial charge in [0, 0.05) is 17.6 Å². The van der Waals surface area contributed by atoms with Crippen LogP contribution in [0.2, 0.25) is 0 Å². The summed E-state index contributed by atoms with van der Waals surface area (Å²) in [6.07, 6.45) is 2.12. The third-order valence-electron chi connectivity index (χ3n) is 4.52. The predicted octanol–water partition coefficient (Wildman–Crippen LogP) is 3.09. The van der Waals surface area contributed by atoms with Crippen LogP contribution in [0.15, 0.2) is 30.3 Å². The molecule has 0 unspecified atom stereocenters. The zero-order valence-corrected chi connectivity index (χ0v) is 14.6. The Balaban J connectivity index is 1.83. The van der Waals surface area contributed by atoms with E-state index in [1.165, 1.54) is 16.5 Å². The van der Waals surface area contributed by atoms with Crippen molar-refractivity contribution < 1.29 is 19.1 Å². The lowest BCUT2D eigenvalue weighted by Gasteiger charge is -2.17. The molecule has 0 saturated carbocycles. The van der Waals surface area contributed by atoms with E-state index in [9.17, 15) is 9.59 Å². The van der Waals surface area contributed by atoms with Gasteiger partial charge in [0.15, 0.2) is 5.92 Å². The molecule has 0 fully saturated rings. The maximum absolute atomic E-state index is 12.1. The molecule has 0 aromatic heterocycles. The van der Waals surface area contributed by atoms with Crippen molar-refractivity contribution >= 4 is 28.4 Å². The van der Waals surface area contributed by atoms with Gasteiger partial charge in [-0.15, -0.1) is 0 Å². The number of benzene rings is 2. The van der Waals surface area contributed by atoms with Crippen molar-refractivity contribution in [2.24, 2.45) is 5.92 Å². The molecule has 3 rings (SSSR count). The monoisotopic (exact) mass is 341 g/mol. The summed E-state index contributed by atoms with van der Waals surface area (Å²) in [6.45, 7) is 4.05. The molecule has 5 heteroatoms. The van der Waals surface area contributed by atoms with E-state index in [0.29, 0.717) is 0 Å². The number of hydrogen-bond donors (Lipinski definition) is 1. The van der Waals surface area contributed by atoms with Crippen LogP contribution in [0, 0.1) is 5.92 Å². The summed E-state index contributed by atoms with van der Waals surface area (Å²) in [5.74, 6) is -2.08. The van der Waals surface area contributed by atoms with Gasteiger partial charge in [-0.3, -0.25) is 9.59 Å². The van der Waals surface area contributed by atoms with Crippen LogP contribution in [-0.2, 0) is 31.9 Å². The molecule has 2 aromatic carbocycles. The lowest BCUT2D eigenvalue weighted by molar-refractivity contribution is -0.160. The van der Waals surface area contributed by atoms with Crippen molar-refractivity contribution in [1.29, 1.82) is 0 Å². The molecular weight excluding hydrogens is 318 g/mol. The molecule has 0 aliphatic heterocycles. The Morgan fingerprint density at radius 1 is 1.00 bits per heavy atom. The van der Waals surface area contributed by atoms with Gasteiger partial charge in [-0.25, -0.2) is 0 Å². The summed E-state index contributed by atoms with van der Waals surface area (Å²) >= 11 is 0. The van der Waals surface area contributed by atoms with E-state index >= 15 is 0 Å². The Bertz CT molecular complexity index is 771. The van der Waals surface area contributed by atoms with Gasteiger partial charge in [0.2, 0.25) is 0 Å². The molecule has 0 heterocycles. The lowest BCUT2D eigenvalue weighted by atomic mass is 10.0. The summed E-state index contributed by atoms with van der Waals surface area (Å²) < 4.78 is 10.0. The number of carbonyl (C=O) groups excluding carboxylic acids is 2. The average Bonchev–Trinajstić information content (AvgIpc) is 3.02. The first-order chi connectivity index (χ1) is 12.2. The topological polar surface area (TPSA) is 64.6 Å². The van der Waals surface area contributed by atoms with Crippen LogP contribution in [-0.4, -0.2) is 31.7 Å². The number of carbonyl (C=O) groups is 2. The van der Waals surface area contributed by atoms with E-state index in [4.69, 9.17) is 9.47 Å². The SMILES string of the molecule is CCOC(=O)C(CNc1ccc2c3c(cccc13)CC2)C(=O)OCC. The minimum absolute atomic E-state index is 0.149. The van der Waals surface area contributed by atoms with Crippen LogP contribution in [0.25, 0.3) is 10.8 Å².